The summed E-state index contributed by atoms with van der Waals surface area (Å²) in [6.07, 6.45) is 4.04. The number of benzene rings is 1. The molecule has 1 N–H and O–H groups in total. The topological polar surface area (TPSA) is 34.2 Å². The van der Waals surface area contributed by atoms with Gasteiger partial charge in [0.1, 0.15) is 10.8 Å². The van der Waals surface area contributed by atoms with Gasteiger partial charge in [-0.2, -0.15) is 0 Å². The number of aryl methyl sites for hydroxylation is 1. The number of fused-ring (bicyclic) bond motifs is 1. The van der Waals surface area contributed by atoms with Gasteiger partial charge in [-0.15, -0.1) is 11.3 Å². The molecule has 20 heavy (non-hydrogen) atoms. The van der Waals surface area contributed by atoms with Crippen LogP contribution < -0.4 is 10.1 Å². The van der Waals surface area contributed by atoms with E-state index in [0.717, 1.165) is 41.2 Å². The lowest BCUT2D eigenvalue weighted by atomic mass is 10.0. The first kappa shape index (κ1) is 14.0. The highest BCUT2D eigenvalue weighted by molar-refractivity contribution is 9.10. The molecule has 0 saturated heterocycles. The molecule has 3 nitrogen and oxygen atoms in total. The summed E-state index contributed by atoms with van der Waals surface area (Å²) in [6, 6.07) is 6.54. The largest absolute Gasteiger partial charge is 0.493 e. The highest BCUT2D eigenvalue weighted by Gasteiger charge is 2.21. The average Bonchev–Trinajstić information content (AvgIpc) is 2.93. The van der Waals surface area contributed by atoms with Crippen molar-refractivity contribution >= 4 is 27.3 Å². The first-order valence-corrected chi connectivity index (χ1v) is 8.46. The minimum atomic E-state index is 0.338. The van der Waals surface area contributed by atoms with E-state index in [-0.39, 0.29) is 0 Å². The summed E-state index contributed by atoms with van der Waals surface area (Å²) in [6.45, 7) is 3.75. The molecule has 1 atom stereocenters. The van der Waals surface area contributed by atoms with Crippen molar-refractivity contribution < 1.29 is 4.74 Å². The number of halogens is 1. The molecule has 1 aliphatic rings. The van der Waals surface area contributed by atoms with Crippen LogP contribution in [-0.2, 0) is 13.0 Å². The van der Waals surface area contributed by atoms with Crippen LogP contribution in [0.4, 0.5) is 0 Å². The molecule has 0 aliphatic carbocycles. The lowest BCUT2D eigenvalue weighted by molar-refractivity contribution is 0.252. The average molecular weight is 353 g/mol. The molecule has 1 aromatic carbocycles. The third-order valence-electron chi connectivity index (χ3n) is 3.46. The Morgan fingerprint density at radius 3 is 3.20 bits per heavy atom. The first-order chi connectivity index (χ1) is 9.76. The zero-order valence-electron chi connectivity index (χ0n) is 11.4. The van der Waals surface area contributed by atoms with Crippen LogP contribution in [0.25, 0.3) is 0 Å². The van der Waals surface area contributed by atoms with Crippen molar-refractivity contribution in [3.8, 4) is 5.75 Å². The van der Waals surface area contributed by atoms with Gasteiger partial charge in [0.15, 0.2) is 0 Å². The summed E-state index contributed by atoms with van der Waals surface area (Å²) in [5.41, 5.74) is 1.23. The third-order valence-corrected chi connectivity index (χ3v) is 5.10. The third kappa shape index (κ3) is 3.05. The minimum Gasteiger partial charge on any atom is -0.493 e. The Hall–Kier alpha value is -0.910. The molecule has 0 amide bonds. The van der Waals surface area contributed by atoms with Crippen molar-refractivity contribution in [1.82, 2.24) is 10.3 Å². The minimum absolute atomic E-state index is 0.338. The summed E-state index contributed by atoms with van der Waals surface area (Å²) < 4.78 is 6.80. The fourth-order valence-electron chi connectivity index (χ4n) is 2.38. The molecule has 0 saturated carbocycles. The van der Waals surface area contributed by atoms with Crippen molar-refractivity contribution in [2.24, 2.45) is 0 Å². The van der Waals surface area contributed by atoms with Crippen molar-refractivity contribution in [3.05, 3.63) is 44.3 Å². The lowest BCUT2D eigenvalue weighted by Gasteiger charge is -2.26. The fraction of sp³-hybridized carbons (Fsp3) is 0.400. The van der Waals surface area contributed by atoms with Crippen LogP contribution in [0.2, 0.25) is 0 Å². The molecule has 1 aromatic heterocycles. The molecule has 2 aromatic rings. The Morgan fingerprint density at radius 2 is 2.40 bits per heavy atom. The van der Waals surface area contributed by atoms with Crippen LogP contribution in [-0.4, -0.2) is 11.6 Å². The molecule has 0 fully saturated rings. The molecule has 0 radical (unpaired) electrons. The van der Waals surface area contributed by atoms with Gasteiger partial charge in [-0.05, 0) is 24.6 Å². The summed E-state index contributed by atoms with van der Waals surface area (Å²) >= 11 is 5.32. The second kappa shape index (κ2) is 6.24. The van der Waals surface area contributed by atoms with Crippen LogP contribution in [0.5, 0.6) is 5.75 Å². The highest BCUT2D eigenvalue weighted by Crippen LogP contribution is 2.34. The monoisotopic (exact) mass is 352 g/mol. The van der Waals surface area contributed by atoms with Crippen molar-refractivity contribution in [2.75, 3.05) is 6.61 Å². The number of ether oxygens (including phenoxy) is 1. The highest BCUT2D eigenvalue weighted by atomic mass is 79.9. The Kier molecular flexibility index (Phi) is 4.38. The summed E-state index contributed by atoms with van der Waals surface area (Å²) in [7, 11) is 0. The molecule has 5 heteroatoms. The normalized spacial score (nSPS) is 17.6. The zero-order valence-corrected chi connectivity index (χ0v) is 13.8. The second-order valence-electron chi connectivity index (χ2n) is 4.83. The van der Waals surface area contributed by atoms with E-state index in [1.54, 1.807) is 11.3 Å². The maximum Gasteiger partial charge on any atom is 0.124 e. The van der Waals surface area contributed by atoms with Crippen molar-refractivity contribution in [1.29, 1.82) is 0 Å². The van der Waals surface area contributed by atoms with Gasteiger partial charge in [-0.1, -0.05) is 22.9 Å². The molecule has 2 heterocycles. The number of rotatable bonds is 4. The van der Waals surface area contributed by atoms with E-state index in [9.17, 15) is 0 Å². The van der Waals surface area contributed by atoms with Gasteiger partial charge in [0.2, 0.25) is 0 Å². The maximum absolute atomic E-state index is 5.71. The summed E-state index contributed by atoms with van der Waals surface area (Å²) in [4.78, 5) is 5.80. The van der Waals surface area contributed by atoms with Gasteiger partial charge in [0.05, 0.1) is 6.61 Å². The van der Waals surface area contributed by atoms with E-state index >= 15 is 0 Å². The number of hydrogen-bond acceptors (Lipinski definition) is 4. The zero-order chi connectivity index (χ0) is 13.9. The predicted molar refractivity (Wildman–Crippen MR) is 85.3 cm³/mol. The molecule has 3 rings (SSSR count). The molecule has 106 valence electrons. The fourth-order valence-corrected chi connectivity index (χ4v) is 3.57. The quantitative estimate of drug-likeness (QED) is 0.899. The van der Waals surface area contributed by atoms with Crippen LogP contribution in [0.3, 0.4) is 0 Å². The SMILES string of the molecule is CCc1cnc(CNC2CCOc3ccc(Br)cc32)s1. The predicted octanol–water partition coefficient (Wildman–Crippen LogP) is 4.08. The smallest absolute Gasteiger partial charge is 0.124 e. The van der Waals surface area contributed by atoms with E-state index in [2.05, 4.69) is 39.2 Å². The molecular weight excluding hydrogens is 336 g/mol. The maximum atomic E-state index is 5.71. The number of aromatic nitrogens is 1. The first-order valence-electron chi connectivity index (χ1n) is 6.85. The van der Waals surface area contributed by atoms with Gasteiger partial charge >= 0.3 is 0 Å². The van der Waals surface area contributed by atoms with E-state index in [1.165, 1.54) is 10.4 Å². The van der Waals surface area contributed by atoms with E-state index < -0.39 is 0 Å². The van der Waals surface area contributed by atoms with Gasteiger partial charge in [0.25, 0.3) is 0 Å². The summed E-state index contributed by atoms with van der Waals surface area (Å²) in [5.74, 6) is 0.991. The van der Waals surface area contributed by atoms with Crippen LogP contribution in [0.1, 0.15) is 34.8 Å². The molecule has 0 spiro atoms. The van der Waals surface area contributed by atoms with E-state index in [1.807, 2.05) is 18.3 Å². The van der Waals surface area contributed by atoms with Crippen molar-refractivity contribution in [3.63, 3.8) is 0 Å². The second-order valence-corrected chi connectivity index (χ2v) is 6.94. The van der Waals surface area contributed by atoms with Crippen molar-refractivity contribution in [2.45, 2.75) is 32.4 Å². The van der Waals surface area contributed by atoms with Gasteiger partial charge in [-0.25, -0.2) is 4.98 Å². The Morgan fingerprint density at radius 1 is 1.50 bits per heavy atom. The lowest BCUT2D eigenvalue weighted by Crippen LogP contribution is -2.26. The number of hydrogen-bond donors (Lipinski definition) is 1. The molecule has 1 unspecified atom stereocenters. The number of thiazole rings is 1. The van der Waals surface area contributed by atoms with Crippen LogP contribution in [0, 0.1) is 0 Å². The Bertz CT molecular complexity index is 599. The number of nitrogens with one attached hydrogen (secondary N) is 1. The summed E-state index contributed by atoms with van der Waals surface area (Å²) in [5, 5.41) is 4.76. The van der Waals surface area contributed by atoms with E-state index in [4.69, 9.17) is 4.74 Å². The van der Waals surface area contributed by atoms with Gasteiger partial charge in [0, 0.05) is 40.1 Å². The molecular formula is C15H17BrN2OS. The van der Waals surface area contributed by atoms with Crippen LogP contribution >= 0.6 is 27.3 Å². The van der Waals surface area contributed by atoms with E-state index in [0.29, 0.717) is 6.04 Å². The Labute approximate surface area is 131 Å². The van der Waals surface area contributed by atoms with Crippen LogP contribution in [0.15, 0.2) is 28.9 Å². The number of nitrogens with zero attached hydrogens (tertiary/aromatic N) is 1. The standard InChI is InChI=1S/C15H17BrN2OS/c1-2-11-8-18-15(20-11)9-17-13-5-6-19-14-4-3-10(16)7-12(13)14/h3-4,7-8,13,17H,2,5-6,9H2,1H3. The van der Waals surface area contributed by atoms with Gasteiger partial charge < -0.3 is 10.1 Å². The Balaban J connectivity index is 1.71. The molecule has 1 aliphatic heterocycles. The van der Waals surface area contributed by atoms with Gasteiger partial charge in [-0.3, -0.25) is 0 Å². The molecule has 0 bridgehead atoms.